The fraction of sp³-hybridized carbons (Fsp3) is 0.588. The molecule has 1 aromatic carbocycles. The summed E-state index contributed by atoms with van der Waals surface area (Å²) in [7, 11) is -2.35. The van der Waals surface area contributed by atoms with E-state index in [2.05, 4.69) is 5.32 Å². The zero-order chi connectivity index (χ0) is 17.7. The van der Waals surface area contributed by atoms with Gasteiger partial charge in [0.25, 0.3) is 0 Å². The highest BCUT2D eigenvalue weighted by Gasteiger charge is 2.32. The van der Waals surface area contributed by atoms with Crippen molar-refractivity contribution in [2.24, 2.45) is 0 Å². The van der Waals surface area contributed by atoms with Crippen LogP contribution < -0.4 is 5.32 Å². The molecule has 2 rings (SSSR count). The number of esters is 1. The number of ether oxygens (including phenoxy) is 1. The summed E-state index contributed by atoms with van der Waals surface area (Å²) in [5.41, 5.74) is 0.991. The summed E-state index contributed by atoms with van der Waals surface area (Å²) in [5.74, 6) is -0.520. The van der Waals surface area contributed by atoms with Crippen LogP contribution in [-0.2, 0) is 14.8 Å². The van der Waals surface area contributed by atoms with Crippen molar-refractivity contribution >= 4 is 28.4 Å². The maximum absolute atomic E-state index is 13.1. The Kier molecular flexibility index (Phi) is 8.34. The summed E-state index contributed by atoms with van der Waals surface area (Å²) in [6.07, 6.45) is 2.35. The van der Waals surface area contributed by atoms with E-state index in [1.807, 2.05) is 6.92 Å². The molecule has 0 atom stereocenters. The number of rotatable bonds is 6. The summed E-state index contributed by atoms with van der Waals surface area (Å²) in [4.78, 5) is 12.0. The number of carbonyl (C=O) groups excluding carboxylic acids is 1. The van der Waals surface area contributed by atoms with Gasteiger partial charge in [-0.3, -0.25) is 0 Å². The van der Waals surface area contributed by atoms with Crippen molar-refractivity contribution < 1.29 is 17.9 Å². The Bertz CT molecular complexity index is 688. The van der Waals surface area contributed by atoms with Gasteiger partial charge in [0.05, 0.1) is 17.6 Å². The summed E-state index contributed by atoms with van der Waals surface area (Å²) >= 11 is 0. The maximum Gasteiger partial charge on any atom is 0.338 e. The van der Waals surface area contributed by atoms with Gasteiger partial charge in [-0.1, -0.05) is 13.0 Å². The zero-order valence-electron chi connectivity index (χ0n) is 14.9. The van der Waals surface area contributed by atoms with Crippen molar-refractivity contribution in [3.63, 3.8) is 0 Å². The summed E-state index contributed by atoms with van der Waals surface area (Å²) < 4.78 is 32.6. The zero-order valence-corrected chi connectivity index (χ0v) is 16.6. The molecule has 25 heavy (non-hydrogen) atoms. The van der Waals surface area contributed by atoms with Gasteiger partial charge in [-0.15, -0.1) is 12.4 Å². The Hall–Kier alpha value is -1.15. The lowest BCUT2D eigenvalue weighted by Gasteiger charge is -2.33. The summed E-state index contributed by atoms with van der Waals surface area (Å²) in [6, 6.07) is 4.66. The molecule has 0 saturated carbocycles. The SMILES string of the molecule is CCCN(C1CCNCC1)S(=O)(=O)c1ccc(C)c(C(=O)OC)c1.Cl. The molecule has 8 heteroatoms. The molecular formula is C17H27ClN2O4S. The van der Waals surface area contributed by atoms with Gasteiger partial charge < -0.3 is 10.1 Å². The molecule has 1 fully saturated rings. The molecule has 1 N–H and O–H groups in total. The third-order valence-corrected chi connectivity index (χ3v) is 6.33. The van der Waals surface area contributed by atoms with Crippen molar-refractivity contribution in [2.45, 2.75) is 44.0 Å². The molecule has 1 aliphatic rings. The van der Waals surface area contributed by atoms with Crippen molar-refractivity contribution in [3.8, 4) is 0 Å². The molecule has 0 amide bonds. The van der Waals surface area contributed by atoms with Gasteiger partial charge in [-0.2, -0.15) is 4.31 Å². The van der Waals surface area contributed by atoms with Crippen molar-refractivity contribution in [1.29, 1.82) is 0 Å². The second kappa shape index (κ2) is 9.52. The van der Waals surface area contributed by atoms with Gasteiger partial charge in [-0.05, 0) is 57.0 Å². The fourth-order valence-corrected chi connectivity index (χ4v) is 4.84. The van der Waals surface area contributed by atoms with Gasteiger partial charge in [0, 0.05) is 12.6 Å². The van der Waals surface area contributed by atoms with E-state index in [9.17, 15) is 13.2 Å². The summed E-state index contributed by atoms with van der Waals surface area (Å²) in [5, 5.41) is 3.26. The van der Waals surface area contributed by atoms with Crippen LogP contribution in [0.2, 0.25) is 0 Å². The topological polar surface area (TPSA) is 75.7 Å². The number of carbonyl (C=O) groups is 1. The predicted molar refractivity (Wildman–Crippen MR) is 99.8 cm³/mol. The lowest BCUT2D eigenvalue weighted by molar-refractivity contribution is 0.0599. The number of piperidine rings is 1. The Balaban J connectivity index is 0.00000312. The van der Waals surface area contributed by atoms with E-state index in [4.69, 9.17) is 4.74 Å². The molecule has 0 bridgehead atoms. The van der Waals surface area contributed by atoms with Crippen LogP contribution in [0.4, 0.5) is 0 Å². The van der Waals surface area contributed by atoms with Crippen LogP contribution in [0.1, 0.15) is 42.1 Å². The van der Waals surface area contributed by atoms with Crippen molar-refractivity contribution in [1.82, 2.24) is 9.62 Å². The molecule has 0 radical (unpaired) electrons. The molecule has 1 aromatic rings. The number of benzene rings is 1. The van der Waals surface area contributed by atoms with E-state index < -0.39 is 16.0 Å². The van der Waals surface area contributed by atoms with E-state index in [0.717, 1.165) is 32.4 Å². The minimum Gasteiger partial charge on any atom is -0.465 e. The van der Waals surface area contributed by atoms with Crippen LogP contribution in [0.3, 0.4) is 0 Å². The van der Waals surface area contributed by atoms with Gasteiger partial charge in [0.2, 0.25) is 10.0 Å². The third kappa shape index (κ3) is 4.94. The van der Waals surface area contributed by atoms with Gasteiger partial charge in [0.1, 0.15) is 0 Å². The van der Waals surface area contributed by atoms with Gasteiger partial charge >= 0.3 is 5.97 Å². The minimum absolute atomic E-state index is 0. The Morgan fingerprint density at radius 2 is 1.96 bits per heavy atom. The van der Waals surface area contributed by atoms with E-state index in [-0.39, 0.29) is 23.3 Å². The Morgan fingerprint density at radius 3 is 2.52 bits per heavy atom. The first kappa shape index (κ1) is 21.9. The second-order valence-electron chi connectivity index (χ2n) is 6.07. The van der Waals surface area contributed by atoms with Crippen LogP contribution in [0, 0.1) is 6.92 Å². The lowest BCUT2D eigenvalue weighted by Crippen LogP contribution is -2.46. The molecule has 1 aliphatic heterocycles. The second-order valence-corrected chi connectivity index (χ2v) is 7.96. The highest BCUT2D eigenvalue weighted by atomic mass is 35.5. The molecule has 1 saturated heterocycles. The van der Waals surface area contributed by atoms with Crippen LogP contribution in [0.15, 0.2) is 23.1 Å². The smallest absolute Gasteiger partial charge is 0.338 e. The normalized spacial score (nSPS) is 15.7. The first-order chi connectivity index (χ1) is 11.4. The fourth-order valence-electron chi connectivity index (χ4n) is 3.04. The lowest BCUT2D eigenvalue weighted by atomic mass is 10.1. The van der Waals surface area contributed by atoms with E-state index >= 15 is 0 Å². The van der Waals surface area contributed by atoms with Crippen LogP contribution in [0.5, 0.6) is 0 Å². The van der Waals surface area contributed by atoms with Crippen molar-refractivity contribution in [2.75, 3.05) is 26.7 Å². The molecule has 0 unspecified atom stereocenters. The number of sulfonamides is 1. The standard InChI is InChI=1S/C17H26N2O4S.ClH/c1-4-11-19(14-7-9-18-10-8-14)24(21,22)15-6-5-13(2)16(12-15)17(20)23-3;/h5-6,12,14,18H,4,7-11H2,1-3H3;1H. The van der Waals surface area contributed by atoms with E-state index in [0.29, 0.717) is 17.7 Å². The molecule has 0 spiro atoms. The predicted octanol–water partition coefficient (Wildman–Crippen LogP) is 2.36. The molecule has 0 aliphatic carbocycles. The van der Waals surface area contributed by atoms with E-state index in [1.54, 1.807) is 23.4 Å². The van der Waals surface area contributed by atoms with Crippen molar-refractivity contribution in [3.05, 3.63) is 29.3 Å². The largest absolute Gasteiger partial charge is 0.465 e. The molecule has 142 valence electrons. The average Bonchev–Trinajstić information content (AvgIpc) is 2.59. The number of nitrogens with one attached hydrogen (secondary N) is 1. The van der Waals surface area contributed by atoms with E-state index in [1.165, 1.54) is 13.2 Å². The Morgan fingerprint density at radius 1 is 1.32 bits per heavy atom. The molecule has 1 heterocycles. The number of halogens is 1. The average molecular weight is 391 g/mol. The van der Waals surface area contributed by atoms with Crippen LogP contribution in [0.25, 0.3) is 0 Å². The monoisotopic (exact) mass is 390 g/mol. The Labute approximate surface area is 156 Å². The van der Waals surface area contributed by atoms with Crippen LogP contribution in [-0.4, -0.2) is 51.5 Å². The molecule has 0 aromatic heterocycles. The third-order valence-electron chi connectivity index (χ3n) is 4.38. The number of hydrogen-bond donors (Lipinski definition) is 1. The maximum atomic E-state index is 13.1. The number of nitrogens with zero attached hydrogens (tertiary/aromatic N) is 1. The minimum atomic E-state index is -3.65. The number of methoxy groups -OCH3 is 1. The molecule has 6 nitrogen and oxygen atoms in total. The quantitative estimate of drug-likeness (QED) is 0.754. The summed E-state index contributed by atoms with van der Waals surface area (Å²) in [6.45, 7) is 5.86. The molecular weight excluding hydrogens is 364 g/mol. The first-order valence-electron chi connectivity index (χ1n) is 8.33. The highest BCUT2D eigenvalue weighted by Crippen LogP contribution is 2.25. The van der Waals surface area contributed by atoms with Crippen LogP contribution >= 0.6 is 12.4 Å². The number of aryl methyl sites for hydroxylation is 1. The highest BCUT2D eigenvalue weighted by molar-refractivity contribution is 7.89. The van der Waals surface area contributed by atoms with Gasteiger partial charge in [0.15, 0.2) is 0 Å². The van der Waals surface area contributed by atoms with Gasteiger partial charge in [-0.25, -0.2) is 13.2 Å². The first-order valence-corrected chi connectivity index (χ1v) is 9.77. The number of hydrogen-bond acceptors (Lipinski definition) is 5.